The highest BCUT2D eigenvalue weighted by atomic mass is 16.1. The molecule has 0 spiro atoms. The number of aromatic nitrogens is 2. The van der Waals surface area contributed by atoms with Crippen LogP contribution in [0, 0.1) is 0 Å². The van der Waals surface area contributed by atoms with E-state index in [1.54, 1.807) is 12.3 Å². The quantitative estimate of drug-likeness (QED) is 0.611. The zero-order valence-electron chi connectivity index (χ0n) is 10.1. The Labute approximate surface area is 109 Å². The van der Waals surface area contributed by atoms with Gasteiger partial charge in [0.05, 0.1) is 5.69 Å². The first-order chi connectivity index (χ1) is 9.22. The van der Waals surface area contributed by atoms with Crippen molar-refractivity contribution in [1.29, 1.82) is 0 Å². The maximum absolute atomic E-state index is 11.3. The fraction of sp³-hybridized carbons (Fsp3) is 0. The van der Waals surface area contributed by atoms with Gasteiger partial charge in [-0.2, -0.15) is 0 Å². The largest absolute Gasteiger partial charge is 0.399 e. The molecule has 19 heavy (non-hydrogen) atoms. The molecule has 0 aliphatic heterocycles. The first-order valence-electron chi connectivity index (χ1n) is 5.83. The summed E-state index contributed by atoms with van der Waals surface area (Å²) in [6.07, 6.45) is 1.65. The van der Waals surface area contributed by atoms with Gasteiger partial charge in [-0.25, -0.2) is 4.98 Å². The van der Waals surface area contributed by atoms with Gasteiger partial charge < -0.3 is 16.0 Å². The van der Waals surface area contributed by atoms with E-state index in [1.165, 1.54) is 6.07 Å². The van der Waals surface area contributed by atoms with Gasteiger partial charge in [0.15, 0.2) is 0 Å². The Morgan fingerprint density at radius 3 is 2.63 bits per heavy atom. The van der Waals surface area contributed by atoms with Crippen LogP contribution in [-0.2, 0) is 0 Å². The number of rotatable bonds is 2. The van der Waals surface area contributed by atoms with Gasteiger partial charge in [0.2, 0.25) is 5.56 Å². The van der Waals surface area contributed by atoms with Crippen LogP contribution in [0.25, 0.3) is 11.0 Å². The number of nitrogens with zero attached hydrogens (tertiary/aromatic N) is 1. The second-order valence-corrected chi connectivity index (χ2v) is 4.19. The van der Waals surface area contributed by atoms with Gasteiger partial charge in [0.25, 0.3) is 0 Å². The van der Waals surface area contributed by atoms with Crippen molar-refractivity contribution in [2.45, 2.75) is 0 Å². The van der Waals surface area contributed by atoms with Crippen molar-refractivity contribution in [2.24, 2.45) is 0 Å². The van der Waals surface area contributed by atoms with E-state index < -0.39 is 0 Å². The van der Waals surface area contributed by atoms with Gasteiger partial charge in [-0.05, 0) is 36.4 Å². The molecular formula is C14H12N4O. The van der Waals surface area contributed by atoms with Crippen LogP contribution in [0.2, 0.25) is 0 Å². The number of nitrogens with one attached hydrogen (secondary N) is 2. The molecule has 94 valence electrons. The fourth-order valence-corrected chi connectivity index (χ4v) is 1.89. The van der Waals surface area contributed by atoms with E-state index in [0.29, 0.717) is 5.65 Å². The van der Waals surface area contributed by atoms with Crippen molar-refractivity contribution in [1.82, 2.24) is 9.97 Å². The number of pyridine rings is 2. The Hall–Kier alpha value is -2.82. The Bertz CT molecular complexity index is 777. The molecule has 0 bridgehead atoms. The molecule has 3 rings (SSSR count). The smallest absolute Gasteiger partial charge is 0.249 e. The molecule has 3 aromatic rings. The van der Waals surface area contributed by atoms with Crippen LogP contribution in [0.1, 0.15) is 0 Å². The summed E-state index contributed by atoms with van der Waals surface area (Å²) in [5.74, 6) is 0. The molecule has 2 aromatic heterocycles. The molecule has 0 radical (unpaired) electrons. The molecule has 5 nitrogen and oxygen atoms in total. The topological polar surface area (TPSA) is 83.8 Å². The Morgan fingerprint density at radius 2 is 1.84 bits per heavy atom. The van der Waals surface area contributed by atoms with Crippen molar-refractivity contribution < 1.29 is 0 Å². The van der Waals surface area contributed by atoms with E-state index in [1.807, 2.05) is 30.3 Å². The molecule has 1 aromatic carbocycles. The molecule has 0 amide bonds. The Balaban J connectivity index is 2.05. The lowest BCUT2D eigenvalue weighted by Crippen LogP contribution is -2.04. The van der Waals surface area contributed by atoms with Crippen LogP contribution in [0.15, 0.2) is 53.5 Å². The average molecular weight is 252 g/mol. The molecule has 0 unspecified atom stereocenters. The number of nitrogens with two attached hydrogens (primary N) is 1. The molecule has 4 N–H and O–H groups in total. The third kappa shape index (κ3) is 2.26. The number of aromatic amines is 1. The van der Waals surface area contributed by atoms with E-state index in [4.69, 9.17) is 5.73 Å². The third-order valence-electron chi connectivity index (χ3n) is 2.82. The summed E-state index contributed by atoms with van der Waals surface area (Å²) in [6, 6.07) is 12.5. The summed E-state index contributed by atoms with van der Waals surface area (Å²) in [5.41, 5.74) is 8.57. The standard InChI is InChI=1S/C14H12N4O/c15-9-1-3-10(4-2-9)17-12-7-8-16-14-11(12)5-6-13(19)18-14/h1-8H,15H2,(H2,16,17,18,19). The highest BCUT2D eigenvalue weighted by Gasteiger charge is 2.02. The lowest BCUT2D eigenvalue weighted by Gasteiger charge is -2.09. The van der Waals surface area contributed by atoms with Gasteiger partial charge in [-0.15, -0.1) is 0 Å². The molecule has 0 saturated heterocycles. The molecule has 0 aliphatic rings. The van der Waals surface area contributed by atoms with Gasteiger partial charge in [0, 0.05) is 29.0 Å². The summed E-state index contributed by atoms with van der Waals surface area (Å²) in [7, 11) is 0. The summed E-state index contributed by atoms with van der Waals surface area (Å²) >= 11 is 0. The van der Waals surface area contributed by atoms with Gasteiger partial charge in [-0.1, -0.05) is 0 Å². The number of H-pyrrole nitrogens is 1. The van der Waals surface area contributed by atoms with Crippen molar-refractivity contribution in [3.63, 3.8) is 0 Å². The minimum Gasteiger partial charge on any atom is -0.399 e. The number of nitrogen functional groups attached to an aromatic ring is 1. The second-order valence-electron chi connectivity index (χ2n) is 4.19. The van der Waals surface area contributed by atoms with E-state index in [-0.39, 0.29) is 5.56 Å². The fourth-order valence-electron chi connectivity index (χ4n) is 1.89. The van der Waals surface area contributed by atoms with Crippen LogP contribution in [0.5, 0.6) is 0 Å². The SMILES string of the molecule is Nc1ccc(Nc2ccnc3[nH]c(=O)ccc23)cc1. The monoisotopic (exact) mass is 252 g/mol. The first-order valence-corrected chi connectivity index (χ1v) is 5.83. The predicted octanol–water partition coefficient (Wildman–Crippen LogP) is 2.25. The molecule has 5 heteroatoms. The highest BCUT2D eigenvalue weighted by Crippen LogP contribution is 2.23. The maximum Gasteiger partial charge on any atom is 0.249 e. The van der Waals surface area contributed by atoms with Crippen LogP contribution < -0.4 is 16.6 Å². The van der Waals surface area contributed by atoms with Gasteiger partial charge in [-0.3, -0.25) is 4.79 Å². The molecular weight excluding hydrogens is 240 g/mol. The van der Waals surface area contributed by atoms with Crippen molar-refractivity contribution >= 4 is 28.1 Å². The molecule has 2 heterocycles. The van der Waals surface area contributed by atoms with E-state index >= 15 is 0 Å². The van der Waals surface area contributed by atoms with Crippen LogP contribution in [0.3, 0.4) is 0 Å². The van der Waals surface area contributed by atoms with Gasteiger partial charge >= 0.3 is 0 Å². The summed E-state index contributed by atoms with van der Waals surface area (Å²) < 4.78 is 0. The van der Waals surface area contributed by atoms with Crippen LogP contribution >= 0.6 is 0 Å². The van der Waals surface area contributed by atoms with Gasteiger partial charge in [0.1, 0.15) is 5.65 Å². The number of hydrogen-bond donors (Lipinski definition) is 3. The Morgan fingerprint density at radius 1 is 1.05 bits per heavy atom. The highest BCUT2D eigenvalue weighted by molar-refractivity contribution is 5.90. The Kier molecular flexibility index (Phi) is 2.64. The van der Waals surface area contributed by atoms with E-state index in [0.717, 1.165) is 22.4 Å². The normalized spacial score (nSPS) is 10.5. The lowest BCUT2D eigenvalue weighted by atomic mass is 10.2. The third-order valence-corrected chi connectivity index (χ3v) is 2.82. The van der Waals surface area contributed by atoms with Crippen molar-refractivity contribution in [2.75, 3.05) is 11.1 Å². The average Bonchev–Trinajstić information content (AvgIpc) is 2.41. The summed E-state index contributed by atoms with van der Waals surface area (Å²) in [4.78, 5) is 18.1. The van der Waals surface area contributed by atoms with Crippen LogP contribution in [0.4, 0.5) is 17.1 Å². The second kappa shape index (κ2) is 4.45. The summed E-state index contributed by atoms with van der Waals surface area (Å²) in [6.45, 7) is 0. The zero-order chi connectivity index (χ0) is 13.2. The van der Waals surface area contributed by atoms with Crippen molar-refractivity contribution in [3.05, 3.63) is 59.0 Å². The summed E-state index contributed by atoms with van der Waals surface area (Å²) in [5, 5.41) is 4.14. The number of benzene rings is 1. The number of fused-ring (bicyclic) bond motifs is 1. The number of hydrogen-bond acceptors (Lipinski definition) is 4. The minimum atomic E-state index is -0.162. The lowest BCUT2D eigenvalue weighted by molar-refractivity contribution is 1.23. The molecule has 0 saturated carbocycles. The van der Waals surface area contributed by atoms with Crippen molar-refractivity contribution in [3.8, 4) is 0 Å². The zero-order valence-corrected chi connectivity index (χ0v) is 10.1. The molecule has 0 aliphatic carbocycles. The minimum absolute atomic E-state index is 0.162. The molecule has 0 atom stereocenters. The number of anilines is 3. The predicted molar refractivity (Wildman–Crippen MR) is 76.5 cm³/mol. The first kappa shape index (κ1) is 11.3. The van der Waals surface area contributed by atoms with Crippen LogP contribution in [-0.4, -0.2) is 9.97 Å². The maximum atomic E-state index is 11.3. The molecule has 0 fully saturated rings. The van der Waals surface area contributed by atoms with E-state index in [2.05, 4.69) is 15.3 Å². The van der Waals surface area contributed by atoms with E-state index in [9.17, 15) is 4.79 Å².